The third kappa shape index (κ3) is 4.75. The van der Waals surface area contributed by atoms with Gasteiger partial charge in [0.15, 0.2) is 0 Å². The summed E-state index contributed by atoms with van der Waals surface area (Å²) in [6.45, 7) is 1.29. The molecule has 28 heavy (non-hydrogen) atoms. The molecule has 2 amide bonds. The molecule has 6 nitrogen and oxygen atoms in total. The van der Waals surface area contributed by atoms with Crippen molar-refractivity contribution in [2.24, 2.45) is 11.7 Å². The zero-order valence-electron chi connectivity index (χ0n) is 15.7. The lowest BCUT2D eigenvalue weighted by Gasteiger charge is -2.30. The molecule has 0 saturated carbocycles. The molecular weight excluding hydrogens is 380 g/mol. The number of rotatable bonds is 6. The van der Waals surface area contributed by atoms with Crippen molar-refractivity contribution in [2.45, 2.75) is 19.4 Å². The number of hydrogen-bond donors (Lipinski definition) is 1. The topological polar surface area (TPSA) is 81.9 Å². The largest absolute Gasteiger partial charge is 0.496 e. The van der Waals surface area contributed by atoms with Gasteiger partial charge in [-0.1, -0.05) is 17.7 Å². The predicted octanol–water partition coefficient (Wildman–Crippen LogP) is 3.27. The van der Waals surface area contributed by atoms with Crippen molar-refractivity contribution in [1.82, 2.24) is 4.90 Å². The molecule has 0 bridgehead atoms. The number of halogens is 1. The molecule has 0 radical (unpaired) electrons. The lowest BCUT2D eigenvalue weighted by Crippen LogP contribution is -2.41. The van der Waals surface area contributed by atoms with Gasteiger partial charge in [-0.25, -0.2) is 0 Å². The zero-order valence-corrected chi connectivity index (χ0v) is 16.4. The highest BCUT2D eigenvalue weighted by molar-refractivity contribution is 6.30. The summed E-state index contributed by atoms with van der Waals surface area (Å²) in [6, 6.07) is 12.4. The maximum Gasteiger partial charge on any atom is 0.253 e. The number of primary amides is 1. The predicted molar refractivity (Wildman–Crippen MR) is 107 cm³/mol. The van der Waals surface area contributed by atoms with E-state index >= 15 is 0 Å². The molecule has 1 saturated heterocycles. The summed E-state index contributed by atoms with van der Waals surface area (Å²) < 4.78 is 11.2. The van der Waals surface area contributed by atoms with Crippen molar-refractivity contribution in [3.8, 4) is 11.5 Å². The number of hydrogen-bond acceptors (Lipinski definition) is 4. The number of amides is 2. The van der Waals surface area contributed by atoms with Gasteiger partial charge in [-0.3, -0.25) is 9.59 Å². The molecule has 2 aromatic rings. The lowest BCUT2D eigenvalue weighted by molar-refractivity contribution is -0.123. The van der Waals surface area contributed by atoms with Crippen LogP contribution in [-0.4, -0.2) is 36.9 Å². The number of likely N-dealkylation sites (tertiary alicyclic amines) is 1. The van der Waals surface area contributed by atoms with Gasteiger partial charge in [-0.15, -0.1) is 0 Å². The number of benzene rings is 2. The Balaban J connectivity index is 1.71. The van der Waals surface area contributed by atoms with Crippen LogP contribution in [0.2, 0.25) is 5.02 Å². The number of carbonyl (C=O) groups excluding carboxylic acids is 2. The van der Waals surface area contributed by atoms with Crippen LogP contribution < -0.4 is 15.2 Å². The molecule has 0 spiro atoms. The van der Waals surface area contributed by atoms with E-state index in [1.165, 1.54) is 0 Å². The van der Waals surface area contributed by atoms with Gasteiger partial charge in [-0.2, -0.15) is 0 Å². The molecule has 3 rings (SSSR count). The molecule has 0 atom stereocenters. The average molecular weight is 403 g/mol. The monoisotopic (exact) mass is 402 g/mol. The summed E-state index contributed by atoms with van der Waals surface area (Å²) in [7, 11) is 1.58. The van der Waals surface area contributed by atoms with E-state index in [1.54, 1.807) is 42.3 Å². The van der Waals surface area contributed by atoms with E-state index in [9.17, 15) is 9.59 Å². The van der Waals surface area contributed by atoms with Crippen molar-refractivity contribution in [2.75, 3.05) is 20.2 Å². The van der Waals surface area contributed by atoms with Gasteiger partial charge < -0.3 is 20.1 Å². The Labute approximate surface area is 169 Å². The Morgan fingerprint density at radius 1 is 1.18 bits per heavy atom. The molecular formula is C21H23ClN2O4. The second-order valence-electron chi connectivity index (χ2n) is 6.74. The average Bonchev–Trinajstić information content (AvgIpc) is 2.71. The lowest BCUT2D eigenvalue weighted by atomic mass is 9.95. The molecule has 1 aliphatic rings. The Morgan fingerprint density at radius 3 is 2.57 bits per heavy atom. The van der Waals surface area contributed by atoms with E-state index in [-0.39, 0.29) is 24.3 Å². The SMILES string of the molecule is COc1ccc(C(=O)N2CCC(C(N)=O)CC2)cc1COc1cccc(Cl)c1. The van der Waals surface area contributed by atoms with Crippen LogP contribution in [0.3, 0.4) is 0 Å². The zero-order chi connectivity index (χ0) is 20.1. The molecule has 1 aliphatic heterocycles. The summed E-state index contributed by atoms with van der Waals surface area (Å²) in [5.41, 5.74) is 6.69. The standard InChI is InChI=1S/C21H23ClN2O4/c1-27-19-6-5-15(21(26)24-9-7-14(8-10-24)20(23)25)11-16(19)13-28-18-4-2-3-17(22)12-18/h2-6,11-12,14H,7-10,13H2,1H3,(H2,23,25). The number of nitrogens with two attached hydrogens (primary N) is 1. The maximum absolute atomic E-state index is 12.9. The summed E-state index contributed by atoms with van der Waals surface area (Å²) in [4.78, 5) is 25.9. The minimum absolute atomic E-state index is 0.0745. The maximum atomic E-state index is 12.9. The van der Waals surface area contributed by atoms with E-state index in [0.717, 1.165) is 5.56 Å². The van der Waals surface area contributed by atoms with Gasteiger partial charge in [0.2, 0.25) is 5.91 Å². The van der Waals surface area contributed by atoms with Crippen molar-refractivity contribution in [3.63, 3.8) is 0 Å². The molecule has 0 aliphatic carbocycles. The highest BCUT2D eigenvalue weighted by Gasteiger charge is 2.26. The van der Waals surface area contributed by atoms with Crippen LogP contribution in [-0.2, 0) is 11.4 Å². The minimum Gasteiger partial charge on any atom is -0.496 e. The van der Waals surface area contributed by atoms with Crippen LogP contribution in [0.5, 0.6) is 11.5 Å². The molecule has 2 aromatic carbocycles. The highest BCUT2D eigenvalue weighted by atomic mass is 35.5. The normalized spacial score (nSPS) is 14.6. The first-order chi connectivity index (χ1) is 13.5. The Morgan fingerprint density at radius 2 is 1.93 bits per heavy atom. The first-order valence-corrected chi connectivity index (χ1v) is 9.49. The van der Waals surface area contributed by atoms with Crippen molar-refractivity contribution in [3.05, 3.63) is 58.6 Å². The van der Waals surface area contributed by atoms with Gasteiger partial charge in [0, 0.05) is 35.2 Å². The molecule has 7 heteroatoms. The second-order valence-corrected chi connectivity index (χ2v) is 7.18. The molecule has 0 unspecified atom stereocenters. The van der Waals surface area contributed by atoms with Gasteiger partial charge in [0.25, 0.3) is 5.91 Å². The summed E-state index contributed by atoms with van der Waals surface area (Å²) in [6.07, 6.45) is 1.20. The molecule has 2 N–H and O–H groups in total. The number of carbonyl (C=O) groups is 2. The second kappa shape index (κ2) is 8.97. The van der Waals surface area contributed by atoms with E-state index in [1.807, 2.05) is 12.1 Å². The molecule has 148 valence electrons. The van der Waals surface area contributed by atoms with E-state index in [0.29, 0.717) is 48.0 Å². The van der Waals surface area contributed by atoms with Gasteiger partial charge in [0.05, 0.1) is 7.11 Å². The van der Waals surface area contributed by atoms with E-state index < -0.39 is 0 Å². The van der Waals surface area contributed by atoms with E-state index in [2.05, 4.69) is 0 Å². The summed E-state index contributed by atoms with van der Waals surface area (Å²) in [5, 5.41) is 0.591. The quantitative estimate of drug-likeness (QED) is 0.803. The fourth-order valence-corrected chi connectivity index (χ4v) is 3.47. The van der Waals surface area contributed by atoms with Crippen molar-refractivity contribution < 1.29 is 19.1 Å². The fourth-order valence-electron chi connectivity index (χ4n) is 3.29. The van der Waals surface area contributed by atoms with Gasteiger partial charge in [-0.05, 0) is 49.2 Å². The smallest absolute Gasteiger partial charge is 0.253 e. The molecule has 1 heterocycles. The third-order valence-corrected chi connectivity index (χ3v) is 5.14. The number of methoxy groups -OCH3 is 1. The van der Waals surface area contributed by atoms with Crippen LogP contribution in [0.15, 0.2) is 42.5 Å². The third-order valence-electron chi connectivity index (χ3n) is 4.90. The Hall–Kier alpha value is -2.73. The van der Waals surface area contributed by atoms with Crippen LogP contribution >= 0.6 is 11.6 Å². The summed E-state index contributed by atoms with van der Waals surface area (Å²) >= 11 is 5.98. The van der Waals surface area contributed by atoms with Gasteiger partial charge in [0.1, 0.15) is 18.1 Å². The summed E-state index contributed by atoms with van der Waals surface area (Å²) in [5.74, 6) is 0.763. The van der Waals surface area contributed by atoms with Crippen LogP contribution in [0.25, 0.3) is 0 Å². The van der Waals surface area contributed by atoms with Crippen LogP contribution in [0.1, 0.15) is 28.8 Å². The Kier molecular flexibility index (Phi) is 6.41. The van der Waals surface area contributed by atoms with E-state index in [4.69, 9.17) is 26.8 Å². The first-order valence-electron chi connectivity index (χ1n) is 9.12. The van der Waals surface area contributed by atoms with Crippen molar-refractivity contribution in [1.29, 1.82) is 0 Å². The number of piperidine rings is 1. The number of nitrogens with zero attached hydrogens (tertiary/aromatic N) is 1. The van der Waals surface area contributed by atoms with Crippen LogP contribution in [0.4, 0.5) is 0 Å². The highest BCUT2D eigenvalue weighted by Crippen LogP contribution is 2.25. The number of ether oxygens (including phenoxy) is 2. The first kappa shape index (κ1) is 20.0. The van der Waals surface area contributed by atoms with Gasteiger partial charge >= 0.3 is 0 Å². The van der Waals surface area contributed by atoms with Crippen molar-refractivity contribution >= 4 is 23.4 Å². The molecule has 0 aromatic heterocycles. The van der Waals surface area contributed by atoms with Crippen LogP contribution in [0, 0.1) is 5.92 Å². The Bertz CT molecular complexity index is 863. The minimum atomic E-state index is -0.294. The fraction of sp³-hybridized carbons (Fsp3) is 0.333. The molecule has 1 fully saturated rings.